The number of halogens is 1. The number of carbonyl (C=O) groups is 1. The van der Waals surface area contributed by atoms with Gasteiger partial charge in [0.15, 0.2) is 11.5 Å². The van der Waals surface area contributed by atoms with Crippen molar-refractivity contribution in [2.45, 2.75) is 19.8 Å². The summed E-state index contributed by atoms with van der Waals surface area (Å²) in [6.07, 6.45) is 1.95. The molecule has 0 heterocycles. The first-order valence-corrected chi connectivity index (χ1v) is 7.90. The van der Waals surface area contributed by atoms with Crippen LogP contribution < -0.4 is 14.8 Å². The maximum Gasteiger partial charge on any atom is 0.255 e. The van der Waals surface area contributed by atoms with Gasteiger partial charge < -0.3 is 14.8 Å². The first kappa shape index (κ1) is 17.2. The molecule has 5 heteroatoms. The summed E-state index contributed by atoms with van der Waals surface area (Å²) in [5, 5.41) is 3.17. The predicted molar refractivity (Wildman–Crippen MR) is 92.8 cm³/mol. The number of ether oxygens (including phenoxy) is 2. The molecule has 2 aromatic rings. The average Bonchev–Trinajstić information content (AvgIpc) is 2.57. The molecule has 0 radical (unpaired) electrons. The van der Waals surface area contributed by atoms with Crippen LogP contribution in [0.4, 0.5) is 5.69 Å². The first-order valence-electron chi connectivity index (χ1n) is 7.52. The minimum atomic E-state index is -0.253. The fraction of sp³-hybridized carbons (Fsp3) is 0.278. The molecule has 2 aromatic carbocycles. The fourth-order valence-corrected chi connectivity index (χ4v) is 2.30. The van der Waals surface area contributed by atoms with Gasteiger partial charge in [0.1, 0.15) is 0 Å². The average molecular weight is 334 g/mol. The Morgan fingerprint density at radius 2 is 1.96 bits per heavy atom. The summed E-state index contributed by atoms with van der Waals surface area (Å²) >= 11 is 6.25. The summed E-state index contributed by atoms with van der Waals surface area (Å²) in [5.74, 6) is 0.669. The molecule has 0 saturated carbocycles. The highest BCUT2D eigenvalue weighted by molar-refractivity contribution is 6.32. The molecule has 2 rings (SSSR count). The zero-order chi connectivity index (χ0) is 16.7. The minimum Gasteiger partial charge on any atom is -0.493 e. The Kier molecular flexibility index (Phi) is 6.29. The molecule has 0 saturated heterocycles. The van der Waals surface area contributed by atoms with Gasteiger partial charge in [0.05, 0.1) is 18.7 Å². The van der Waals surface area contributed by atoms with E-state index in [9.17, 15) is 4.79 Å². The summed E-state index contributed by atoms with van der Waals surface area (Å²) < 4.78 is 11.0. The molecule has 0 bridgehead atoms. The Labute approximate surface area is 141 Å². The molecule has 1 amide bonds. The quantitative estimate of drug-likeness (QED) is 0.742. The zero-order valence-electron chi connectivity index (χ0n) is 13.3. The molecule has 0 aliphatic rings. The van der Waals surface area contributed by atoms with E-state index < -0.39 is 0 Å². The molecule has 0 unspecified atom stereocenters. The van der Waals surface area contributed by atoms with E-state index >= 15 is 0 Å². The van der Waals surface area contributed by atoms with Gasteiger partial charge in [-0.1, -0.05) is 43.1 Å². The van der Waals surface area contributed by atoms with E-state index in [1.807, 2.05) is 30.3 Å². The topological polar surface area (TPSA) is 47.6 Å². The van der Waals surface area contributed by atoms with Gasteiger partial charge in [-0.2, -0.15) is 0 Å². The van der Waals surface area contributed by atoms with Crippen molar-refractivity contribution in [3.63, 3.8) is 0 Å². The number of para-hydroxylation sites is 1. The Balaban J connectivity index is 2.19. The summed E-state index contributed by atoms with van der Waals surface area (Å²) in [6, 6.07) is 12.5. The van der Waals surface area contributed by atoms with Gasteiger partial charge in [-0.25, -0.2) is 0 Å². The molecular formula is C18H20ClNO3. The lowest BCUT2D eigenvalue weighted by Crippen LogP contribution is -2.12. The van der Waals surface area contributed by atoms with E-state index in [0.717, 1.165) is 18.5 Å². The van der Waals surface area contributed by atoms with E-state index in [-0.39, 0.29) is 5.91 Å². The highest BCUT2D eigenvalue weighted by atomic mass is 35.5. The Morgan fingerprint density at radius 3 is 2.61 bits per heavy atom. The van der Waals surface area contributed by atoms with E-state index in [1.54, 1.807) is 12.1 Å². The molecule has 4 nitrogen and oxygen atoms in total. The van der Waals surface area contributed by atoms with E-state index in [4.69, 9.17) is 21.1 Å². The first-order chi connectivity index (χ1) is 11.2. The number of carbonyl (C=O) groups excluding carboxylic acids is 1. The summed E-state index contributed by atoms with van der Waals surface area (Å²) in [4.78, 5) is 12.3. The third kappa shape index (κ3) is 4.63. The van der Waals surface area contributed by atoms with Crippen molar-refractivity contribution in [3.05, 3.63) is 53.1 Å². The molecule has 122 valence electrons. The molecule has 23 heavy (non-hydrogen) atoms. The third-order valence-corrected chi connectivity index (χ3v) is 3.55. The molecule has 0 spiro atoms. The zero-order valence-corrected chi connectivity index (χ0v) is 14.0. The maximum absolute atomic E-state index is 12.3. The highest BCUT2D eigenvalue weighted by Crippen LogP contribution is 2.36. The summed E-state index contributed by atoms with van der Waals surface area (Å²) in [5.41, 5.74) is 1.13. The second-order valence-electron chi connectivity index (χ2n) is 5.01. The molecule has 0 fully saturated rings. The summed E-state index contributed by atoms with van der Waals surface area (Å²) in [7, 11) is 1.53. The van der Waals surface area contributed by atoms with Gasteiger partial charge in [0, 0.05) is 11.3 Å². The van der Waals surface area contributed by atoms with Gasteiger partial charge in [-0.05, 0) is 30.7 Å². The minimum absolute atomic E-state index is 0.253. The van der Waals surface area contributed by atoms with Crippen LogP contribution in [0.25, 0.3) is 0 Å². The van der Waals surface area contributed by atoms with Gasteiger partial charge in [-0.3, -0.25) is 4.79 Å². The van der Waals surface area contributed by atoms with Gasteiger partial charge in [0.2, 0.25) is 0 Å². The van der Waals surface area contributed by atoms with Crippen LogP contribution in [0.3, 0.4) is 0 Å². The Bertz CT molecular complexity index is 659. The molecule has 0 aromatic heterocycles. The number of amides is 1. The van der Waals surface area contributed by atoms with E-state index in [1.165, 1.54) is 7.11 Å². The molecule has 0 atom stereocenters. The van der Waals surface area contributed by atoms with Crippen LogP contribution in [0.5, 0.6) is 11.5 Å². The SMILES string of the molecule is CCCCOc1c(Cl)cc(C(=O)Nc2ccccc2)cc1OC. The van der Waals surface area contributed by atoms with E-state index in [2.05, 4.69) is 12.2 Å². The number of anilines is 1. The molecule has 0 aliphatic carbocycles. The lowest BCUT2D eigenvalue weighted by Gasteiger charge is -2.14. The number of rotatable bonds is 7. The number of hydrogen-bond donors (Lipinski definition) is 1. The molecule has 0 aliphatic heterocycles. The number of unbranched alkanes of at least 4 members (excludes halogenated alkanes) is 1. The smallest absolute Gasteiger partial charge is 0.255 e. The highest BCUT2D eigenvalue weighted by Gasteiger charge is 2.16. The van der Waals surface area contributed by atoms with Crippen molar-refractivity contribution in [2.24, 2.45) is 0 Å². The fourth-order valence-electron chi connectivity index (χ4n) is 2.03. The van der Waals surface area contributed by atoms with Crippen molar-refractivity contribution in [2.75, 3.05) is 19.0 Å². The van der Waals surface area contributed by atoms with Crippen LogP contribution in [-0.2, 0) is 0 Å². The van der Waals surface area contributed by atoms with Crippen LogP contribution in [0.1, 0.15) is 30.1 Å². The molecule has 1 N–H and O–H groups in total. The van der Waals surface area contributed by atoms with Crippen LogP contribution in [0.15, 0.2) is 42.5 Å². The van der Waals surface area contributed by atoms with Crippen LogP contribution in [0, 0.1) is 0 Å². The monoisotopic (exact) mass is 333 g/mol. The summed E-state index contributed by atoms with van der Waals surface area (Å²) in [6.45, 7) is 2.64. The Morgan fingerprint density at radius 1 is 1.22 bits per heavy atom. The van der Waals surface area contributed by atoms with Crippen molar-refractivity contribution in [3.8, 4) is 11.5 Å². The van der Waals surface area contributed by atoms with Crippen molar-refractivity contribution < 1.29 is 14.3 Å². The van der Waals surface area contributed by atoms with Crippen molar-refractivity contribution in [1.29, 1.82) is 0 Å². The van der Waals surface area contributed by atoms with Gasteiger partial charge in [-0.15, -0.1) is 0 Å². The standard InChI is InChI=1S/C18H20ClNO3/c1-3-4-10-23-17-15(19)11-13(12-16(17)22-2)18(21)20-14-8-6-5-7-9-14/h5-9,11-12H,3-4,10H2,1-2H3,(H,20,21). The van der Waals surface area contributed by atoms with Gasteiger partial charge >= 0.3 is 0 Å². The lowest BCUT2D eigenvalue weighted by molar-refractivity contribution is 0.102. The van der Waals surface area contributed by atoms with Crippen molar-refractivity contribution in [1.82, 2.24) is 0 Å². The van der Waals surface area contributed by atoms with Crippen molar-refractivity contribution >= 4 is 23.2 Å². The number of nitrogens with one attached hydrogen (secondary N) is 1. The third-order valence-electron chi connectivity index (χ3n) is 3.27. The predicted octanol–water partition coefficient (Wildman–Crippen LogP) is 4.78. The molecular weight excluding hydrogens is 314 g/mol. The maximum atomic E-state index is 12.3. The van der Waals surface area contributed by atoms with Crippen LogP contribution in [0.2, 0.25) is 5.02 Å². The number of hydrogen-bond acceptors (Lipinski definition) is 3. The lowest BCUT2D eigenvalue weighted by atomic mass is 10.1. The number of benzene rings is 2. The second kappa shape index (κ2) is 8.44. The second-order valence-corrected chi connectivity index (χ2v) is 5.42. The van der Waals surface area contributed by atoms with Crippen LogP contribution in [-0.4, -0.2) is 19.6 Å². The normalized spacial score (nSPS) is 10.2. The number of methoxy groups -OCH3 is 1. The largest absolute Gasteiger partial charge is 0.493 e. The van der Waals surface area contributed by atoms with Crippen LogP contribution >= 0.6 is 11.6 Å². The Hall–Kier alpha value is -2.20. The van der Waals surface area contributed by atoms with Gasteiger partial charge in [0.25, 0.3) is 5.91 Å². The van der Waals surface area contributed by atoms with E-state index in [0.29, 0.717) is 28.7 Å².